The second-order valence-corrected chi connectivity index (χ2v) is 4.06. The predicted molar refractivity (Wildman–Crippen MR) is 69.9 cm³/mol. The van der Waals surface area contributed by atoms with Gasteiger partial charge in [-0.3, -0.25) is 0 Å². The second kappa shape index (κ2) is 5.62. The number of nitrogens with two attached hydrogens (primary N) is 1. The molecule has 3 N–H and O–H groups in total. The predicted octanol–water partition coefficient (Wildman–Crippen LogP) is 1.89. The van der Waals surface area contributed by atoms with Gasteiger partial charge in [-0.1, -0.05) is 30.3 Å². The number of methoxy groups -OCH3 is 1. The van der Waals surface area contributed by atoms with Gasteiger partial charge < -0.3 is 15.6 Å². The van der Waals surface area contributed by atoms with Gasteiger partial charge in [0.1, 0.15) is 11.9 Å². The number of pyridine rings is 1. The highest BCUT2D eigenvalue weighted by atomic mass is 16.5. The van der Waals surface area contributed by atoms with Crippen LogP contribution in [-0.4, -0.2) is 17.2 Å². The Morgan fingerprint density at radius 1 is 1.33 bits per heavy atom. The van der Waals surface area contributed by atoms with Gasteiger partial charge in [-0.2, -0.15) is 0 Å². The number of aliphatic hydroxyl groups is 1. The Kier molecular flexibility index (Phi) is 3.92. The molecule has 2 aromatic rings. The van der Waals surface area contributed by atoms with Gasteiger partial charge in [0.05, 0.1) is 6.61 Å². The van der Waals surface area contributed by atoms with Gasteiger partial charge in [-0.15, -0.1) is 0 Å². The summed E-state index contributed by atoms with van der Waals surface area (Å²) in [6.45, 7) is 0.517. The summed E-state index contributed by atoms with van der Waals surface area (Å²) in [4.78, 5) is 3.98. The van der Waals surface area contributed by atoms with E-state index in [0.717, 1.165) is 11.1 Å². The Bertz CT molecular complexity index is 529. The number of hydrogen-bond donors (Lipinski definition) is 2. The van der Waals surface area contributed by atoms with Gasteiger partial charge in [-0.25, -0.2) is 4.98 Å². The molecule has 0 saturated carbocycles. The SMILES string of the molecule is COCc1cccc(C(O)c2cccnc2N)c1. The van der Waals surface area contributed by atoms with E-state index in [4.69, 9.17) is 10.5 Å². The molecule has 4 nitrogen and oxygen atoms in total. The van der Waals surface area contributed by atoms with Crippen LogP contribution in [0.3, 0.4) is 0 Å². The zero-order chi connectivity index (χ0) is 13.0. The minimum absolute atomic E-state index is 0.349. The van der Waals surface area contributed by atoms with E-state index in [1.54, 1.807) is 25.4 Å². The van der Waals surface area contributed by atoms with Crippen LogP contribution in [0.15, 0.2) is 42.6 Å². The number of nitrogens with zero attached hydrogens (tertiary/aromatic N) is 1. The molecular weight excluding hydrogens is 228 g/mol. The molecule has 2 rings (SSSR count). The molecule has 0 saturated heterocycles. The first kappa shape index (κ1) is 12.5. The number of anilines is 1. The molecule has 1 unspecified atom stereocenters. The fraction of sp³-hybridized carbons (Fsp3) is 0.214. The number of benzene rings is 1. The third-order valence-electron chi connectivity index (χ3n) is 2.74. The van der Waals surface area contributed by atoms with Crippen LogP contribution in [0.2, 0.25) is 0 Å². The van der Waals surface area contributed by atoms with Crippen molar-refractivity contribution in [2.45, 2.75) is 12.7 Å². The summed E-state index contributed by atoms with van der Waals surface area (Å²) in [7, 11) is 1.64. The van der Waals surface area contributed by atoms with Crippen LogP contribution in [0.5, 0.6) is 0 Å². The maximum Gasteiger partial charge on any atom is 0.129 e. The van der Waals surface area contributed by atoms with E-state index in [2.05, 4.69) is 4.98 Å². The minimum Gasteiger partial charge on any atom is -0.384 e. The van der Waals surface area contributed by atoms with Crippen LogP contribution in [0.1, 0.15) is 22.8 Å². The molecule has 1 atom stereocenters. The fourth-order valence-corrected chi connectivity index (χ4v) is 1.86. The molecule has 0 radical (unpaired) electrons. The highest BCUT2D eigenvalue weighted by Crippen LogP contribution is 2.25. The quantitative estimate of drug-likeness (QED) is 0.861. The van der Waals surface area contributed by atoms with E-state index in [9.17, 15) is 5.11 Å². The average molecular weight is 244 g/mol. The molecule has 94 valence electrons. The van der Waals surface area contributed by atoms with Crippen LogP contribution in [-0.2, 0) is 11.3 Å². The Morgan fingerprint density at radius 2 is 2.17 bits per heavy atom. The van der Waals surface area contributed by atoms with Crippen molar-refractivity contribution in [1.82, 2.24) is 4.98 Å². The van der Waals surface area contributed by atoms with Gasteiger partial charge in [0, 0.05) is 18.9 Å². The van der Waals surface area contributed by atoms with Crippen LogP contribution in [0, 0.1) is 0 Å². The highest BCUT2D eigenvalue weighted by molar-refractivity contribution is 5.44. The number of ether oxygens (including phenoxy) is 1. The van der Waals surface area contributed by atoms with Crippen molar-refractivity contribution in [1.29, 1.82) is 0 Å². The molecule has 1 heterocycles. The summed E-state index contributed by atoms with van der Waals surface area (Å²) in [6.07, 6.45) is 0.836. The van der Waals surface area contributed by atoms with Gasteiger partial charge >= 0.3 is 0 Å². The minimum atomic E-state index is -0.768. The Balaban J connectivity index is 2.31. The molecular formula is C14H16N2O2. The van der Waals surface area contributed by atoms with Gasteiger partial charge in [0.25, 0.3) is 0 Å². The molecule has 0 aliphatic heterocycles. The van der Waals surface area contributed by atoms with Crippen LogP contribution in [0.4, 0.5) is 5.82 Å². The van der Waals surface area contributed by atoms with Gasteiger partial charge in [0.15, 0.2) is 0 Å². The number of rotatable bonds is 4. The van der Waals surface area contributed by atoms with E-state index in [0.29, 0.717) is 18.0 Å². The van der Waals surface area contributed by atoms with E-state index in [1.165, 1.54) is 0 Å². The summed E-state index contributed by atoms with van der Waals surface area (Å²) < 4.78 is 5.07. The molecule has 0 amide bonds. The highest BCUT2D eigenvalue weighted by Gasteiger charge is 2.14. The number of nitrogen functional groups attached to an aromatic ring is 1. The maximum atomic E-state index is 10.3. The molecule has 0 fully saturated rings. The van der Waals surface area contributed by atoms with E-state index < -0.39 is 6.10 Å². The van der Waals surface area contributed by atoms with Crippen LogP contribution >= 0.6 is 0 Å². The first-order chi connectivity index (χ1) is 8.72. The van der Waals surface area contributed by atoms with E-state index >= 15 is 0 Å². The second-order valence-electron chi connectivity index (χ2n) is 4.06. The molecule has 0 bridgehead atoms. The summed E-state index contributed by atoms with van der Waals surface area (Å²) in [5, 5.41) is 10.3. The smallest absolute Gasteiger partial charge is 0.129 e. The van der Waals surface area contributed by atoms with Crippen LogP contribution < -0.4 is 5.73 Å². The van der Waals surface area contributed by atoms with Crippen LogP contribution in [0.25, 0.3) is 0 Å². The molecule has 1 aromatic heterocycles. The number of aliphatic hydroxyl groups excluding tert-OH is 1. The zero-order valence-electron chi connectivity index (χ0n) is 10.2. The Labute approximate surface area is 106 Å². The molecule has 4 heteroatoms. The third-order valence-corrected chi connectivity index (χ3v) is 2.74. The topological polar surface area (TPSA) is 68.4 Å². The zero-order valence-corrected chi connectivity index (χ0v) is 10.2. The Hall–Kier alpha value is -1.91. The first-order valence-electron chi connectivity index (χ1n) is 5.68. The summed E-state index contributed by atoms with van der Waals surface area (Å²) >= 11 is 0. The van der Waals surface area contributed by atoms with Crippen molar-refractivity contribution in [3.8, 4) is 0 Å². The van der Waals surface area contributed by atoms with Crippen molar-refractivity contribution < 1.29 is 9.84 Å². The first-order valence-corrected chi connectivity index (χ1v) is 5.68. The lowest BCUT2D eigenvalue weighted by Crippen LogP contribution is -2.05. The van der Waals surface area contributed by atoms with Crippen molar-refractivity contribution in [2.75, 3.05) is 12.8 Å². The third kappa shape index (κ3) is 2.67. The van der Waals surface area contributed by atoms with E-state index in [-0.39, 0.29) is 0 Å². The molecule has 0 spiro atoms. The largest absolute Gasteiger partial charge is 0.384 e. The normalized spacial score (nSPS) is 12.3. The average Bonchev–Trinajstić information content (AvgIpc) is 2.39. The summed E-state index contributed by atoms with van der Waals surface area (Å²) in [6, 6.07) is 11.1. The monoisotopic (exact) mass is 244 g/mol. The van der Waals surface area contributed by atoms with Crippen molar-refractivity contribution in [3.63, 3.8) is 0 Å². The number of aromatic nitrogens is 1. The van der Waals surface area contributed by atoms with Gasteiger partial charge in [0.2, 0.25) is 0 Å². The van der Waals surface area contributed by atoms with Crippen molar-refractivity contribution in [3.05, 3.63) is 59.3 Å². The number of hydrogen-bond acceptors (Lipinski definition) is 4. The lowest BCUT2D eigenvalue weighted by molar-refractivity contribution is 0.184. The lowest BCUT2D eigenvalue weighted by Gasteiger charge is -2.14. The maximum absolute atomic E-state index is 10.3. The fourth-order valence-electron chi connectivity index (χ4n) is 1.86. The molecule has 18 heavy (non-hydrogen) atoms. The summed E-state index contributed by atoms with van der Waals surface area (Å²) in [5.41, 5.74) is 8.17. The molecule has 0 aliphatic carbocycles. The van der Waals surface area contributed by atoms with Gasteiger partial charge in [-0.05, 0) is 17.2 Å². The summed E-state index contributed by atoms with van der Waals surface area (Å²) in [5.74, 6) is 0.349. The molecule has 0 aliphatic rings. The van der Waals surface area contributed by atoms with Crippen molar-refractivity contribution >= 4 is 5.82 Å². The molecule has 1 aromatic carbocycles. The van der Waals surface area contributed by atoms with E-state index in [1.807, 2.05) is 24.3 Å². The lowest BCUT2D eigenvalue weighted by atomic mass is 10.0. The van der Waals surface area contributed by atoms with Crippen molar-refractivity contribution in [2.24, 2.45) is 0 Å². The standard InChI is InChI=1S/C14H16N2O2/c1-18-9-10-4-2-5-11(8-10)13(17)12-6-3-7-16-14(12)15/h2-8,13,17H,9H2,1H3,(H2,15,16). The Morgan fingerprint density at radius 3 is 2.89 bits per heavy atom.